The van der Waals surface area contributed by atoms with Gasteiger partial charge in [0.05, 0.1) is 32.5 Å². The lowest BCUT2D eigenvalue weighted by atomic mass is 9.85. The lowest BCUT2D eigenvalue weighted by Crippen LogP contribution is -2.25. The van der Waals surface area contributed by atoms with Crippen LogP contribution in [0.2, 0.25) is 0 Å². The molecule has 1 aromatic carbocycles. The van der Waals surface area contributed by atoms with Crippen LogP contribution in [0.5, 0.6) is 5.75 Å². The van der Waals surface area contributed by atoms with Crippen molar-refractivity contribution in [3.05, 3.63) is 29.8 Å². The van der Waals surface area contributed by atoms with Crippen LogP contribution in [0, 0.1) is 17.8 Å². The highest BCUT2D eigenvalue weighted by molar-refractivity contribution is 5.50. The van der Waals surface area contributed by atoms with Crippen LogP contribution in [0.4, 0.5) is 0 Å². The Morgan fingerprint density at radius 3 is 2.56 bits per heavy atom. The maximum atomic E-state index is 11.0. The third-order valence-corrected chi connectivity index (χ3v) is 5.49. The molecule has 4 nitrogen and oxygen atoms in total. The molecular formula is C21H32O4. The van der Waals surface area contributed by atoms with Crippen molar-refractivity contribution >= 4 is 6.29 Å². The van der Waals surface area contributed by atoms with E-state index in [2.05, 4.69) is 20.8 Å². The molecule has 0 unspecified atom stereocenters. The smallest absolute Gasteiger partial charge is 0.122 e. The maximum Gasteiger partial charge on any atom is 0.122 e. The standard InChI is InChI=1S/C21H32O4/c1-5-15(2)12-21-16(3)19(20(25-21)10-11-22)14-24-13-17-6-8-18(23-4)9-7-17/h6-9,11,15-16,19-21H,5,10,12-14H2,1-4H3/t15-,16-,19-,20+,21-/m1/s1. The molecule has 4 heteroatoms. The number of methoxy groups -OCH3 is 1. The van der Waals surface area contributed by atoms with Crippen molar-refractivity contribution in [1.82, 2.24) is 0 Å². The first-order valence-electron chi connectivity index (χ1n) is 9.38. The fourth-order valence-corrected chi connectivity index (χ4v) is 3.52. The van der Waals surface area contributed by atoms with Gasteiger partial charge in [0.15, 0.2) is 0 Å². The van der Waals surface area contributed by atoms with Crippen molar-refractivity contribution in [1.29, 1.82) is 0 Å². The summed E-state index contributed by atoms with van der Waals surface area (Å²) in [5.41, 5.74) is 1.12. The van der Waals surface area contributed by atoms with E-state index < -0.39 is 0 Å². The zero-order valence-electron chi connectivity index (χ0n) is 15.9. The molecule has 1 fully saturated rings. The Labute approximate surface area is 151 Å². The van der Waals surface area contributed by atoms with Crippen molar-refractivity contribution in [2.45, 2.75) is 58.8 Å². The second-order valence-corrected chi connectivity index (χ2v) is 7.25. The number of aldehydes is 1. The summed E-state index contributed by atoms with van der Waals surface area (Å²) in [6.07, 6.45) is 3.86. The van der Waals surface area contributed by atoms with Gasteiger partial charge in [-0.15, -0.1) is 0 Å². The van der Waals surface area contributed by atoms with Crippen LogP contribution in [-0.4, -0.2) is 32.2 Å². The third kappa shape index (κ3) is 5.55. The zero-order chi connectivity index (χ0) is 18.2. The molecule has 0 radical (unpaired) electrons. The van der Waals surface area contributed by atoms with Gasteiger partial charge in [-0.05, 0) is 36.0 Å². The number of ether oxygens (including phenoxy) is 3. The van der Waals surface area contributed by atoms with Gasteiger partial charge in [0.2, 0.25) is 0 Å². The van der Waals surface area contributed by atoms with Crippen molar-refractivity contribution < 1.29 is 19.0 Å². The van der Waals surface area contributed by atoms with Crippen molar-refractivity contribution in [3.63, 3.8) is 0 Å². The molecule has 2 rings (SSSR count). The van der Waals surface area contributed by atoms with Crippen LogP contribution in [-0.2, 0) is 20.9 Å². The van der Waals surface area contributed by atoms with Gasteiger partial charge in [0.1, 0.15) is 12.0 Å². The highest BCUT2D eigenvalue weighted by Crippen LogP contribution is 2.37. The molecule has 0 aliphatic carbocycles. The van der Waals surface area contributed by atoms with E-state index in [-0.39, 0.29) is 18.1 Å². The second kappa shape index (κ2) is 9.93. The van der Waals surface area contributed by atoms with Gasteiger partial charge in [-0.2, -0.15) is 0 Å². The molecule has 5 atom stereocenters. The molecule has 25 heavy (non-hydrogen) atoms. The van der Waals surface area contributed by atoms with Gasteiger partial charge in [-0.3, -0.25) is 0 Å². The second-order valence-electron chi connectivity index (χ2n) is 7.25. The van der Waals surface area contributed by atoms with E-state index in [0.29, 0.717) is 31.5 Å². The highest BCUT2D eigenvalue weighted by atomic mass is 16.5. The SMILES string of the molecule is CC[C@@H](C)C[C@H]1O[C@@H](CC=O)[C@H](COCc2ccc(OC)cc2)[C@H]1C. The fraction of sp³-hybridized carbons (Fsp3) is 0.667. The Balaban J connectivity index is 1.89. The van der Waals surface area contributed by atoms with Crippen molar-refractivity contribution in [3.8, 4) is 5.75 Å². The predicted molar refractivity (Wildman–Crippen MR) is 98.7 cm³/mol. The minimum atomic E-state index is -0.0163. The number of hydrogen-bond acceptors (Lipinski definition) is 4. The zero-order valence-corrected chi connectivity index (χ0v) is 15.9. The monoisotopic (exact) mass is 348 g/mol. The Morgan fingerprint density at radius 1 is 1.24 bits per heavy atom. The minimum Gasteiger partial charge on any atom is -0.497 e. The Morgan fingerprint density at radius 2 is 1.96 bits per heavy atom. The van der Waals surface area contributed by atoms with E-state index in [0.717, 1.165) is 30.4 Å². The van der Waals surface area contributed by atoms with Gasteiger partial charge in [-0.25, -0.2) is 0 Å². The molecular weight excluding hydrogens is 316 g/mol. The number of hydrogen-bond donors (Lipinski definition) is 0. The average Bonchev–Trinajstić information content (AvgIpc) is 2.91. The molecule has 0 amide bonds. The van der Waals surface area contributed by atoms with Crippen LogP contribution >= 0.6 is 0 Å². The molecule has 0 bridgehead atoms. The molecule has 1 aliphatic rings. The summed E-state index contributed by atoms with van der Waals surface area (Å²) >= 11 is 0. The molecule has 1 aliphatic heterocycles. The molecule has 0 N–H and O–H groups in total. The summed E-state index contributed by atoms with van der Waals surface area (Å²) in [4.78, 5) is 11.0. The largest absolute Gasteiger partial charge is 0.497 e. The molecule has 0 aromatic heterocycles. The lowest BCUT2D eigenvalue weighted by molar-refractivity contribution is -0.111. The normalized spacial score (nSPS) is 27.2. The van der Waals surface area contributed by atoms with Gasteiger partial charge >= 0.3 is 0 Å². The van der Waals surface area contributed by atoms with E-state index in [9.17, 15) is 4.79 Å². The minimum absolute atomic E-state index is 0.0163. The van der Waals surface area contributed by atoms with Crippen LogP contribution < -0.4 is 4.74 Å². The molecule has 0 saturated carbocycles. The van der Waals surface area contributed by atoms with E-state index in [1.807, 2.05) is 24.3 Å². The third-order valence-electron chi connectivity index (χ3n) is 5.49. The topological polar surface area (TPSA) is 44.8 Å². The first kappa shape index (κ1) is 19.9. The first-order valence-corrected chi connectivity index (χ1v) is 9.38. The molecule has 140 valence electrons. The Bertz CT molecular complexity index is 513. The van der Waals surface area contributed by atoms with Gasteiger partial charge < -0.3 is 19.0 Å². The van der Waals surface area contributed by atoms with Gasteiger partial charge in [-0.1, -0.05) is 39.3 Å². The van der Waals surface area contributed by atoms with Crippen molar-refractivity contribution in [2.24, 2.45) is 17.8 Å². The quantitative estimate of drug-likeness (QED) is 0.593. The van der Waals surface area contributed by atoms with Crippen LogP contribution in [0.3, 0.4) is 0 Å². The first-order chi connectivity index (χ1) is 12.1. The van der Waals surface area contributed by atoms with Crippen LogP contribution in [0.15, 0.2) is 24.3 Å². The van der Waals surface area contributed by atoms with Crippen LogP contribution in [0.1, 0.15) is 45.6 Å². The number of carbonyl (C=O) groups is 1. The Kier molecular flexibility index (Phi) is 7.91. The number of benzene rings is 1. The summed E-state index contributed by atoms with van der Waals surface area (Å²) in [6, 6.07) is 7.92. The molecule has 1 saturated heterocycles. The highest BCUT2D eigenvalue weighted by Gasteiger charge is 2.41. The average molecular weight is 348 g/mol. The summed E-state index contributed by atoms with van der Waals surface area (Å²) in [7, 11) is 1.66. The summed E-state index contributed by atoms with van der Waals surface area (Å²) in [5, 5.41) is 0. The van der Waals surface area contributed by atoms with Gasteiger partial charge in [0.25, 0.3) is 0 Å². The van der Waals surface area contributed by atoms with Gasteiger partial charge in [0, 0.05) is 12.3 Å². The summed E-state index contributed by atoms with van der Waals surface area (Å²) in [5.74, 6) is 2.18. The van der Waals surface area contributed by atoms with E-state index >= 15 is 0 Å². The van der Waals surface area contributed by atoms with Crippen molar-refractivity contribution in [2.75, 3.05) is 13.7 Å². The fourth-order valence-electron chi connectivity index (χ4n) is 3.52. The predicted octanol–water partition coefficient (Wildman–Crippen LogP) is 4.26. The maximum absolute atomic E-state index is 11.0. The lowest BCUT2D eigenvalue weighted by Gasteiger charge is -2.21. The number of carbonyl (C=O) groups excluding carboxylic acids is 1. The Hall–Kier alpha value is -1.39. The molecule has 1 aromatic rings. The molecule has 0 spiro atoms. The van der Waals surface area contributed by atoms with E-state index in [4.69, 9.17) is 14.2 Å². The summed E-state index contributed by atoms with van der Waals surface area (Å²) < 4.78 is 17.3. The molecule has 1 heterocycles. The van der Waals surface area contributed by atoms with E-state index in [1.165, 1.54) is 0 Å². The van der Waals surface area contributed by atoms with Crippen LogP contribution in [0.25, 0.3) is 0 Å². The number of rotatable bonds is 10. The summed E-state index contributed by atoms with van der Waals surface area (Å²) in [6.45, 7) is 7.90. The van der Waals surface area contributed by atoms with E-state index in [1.54, 1.807) is 7.11 Å².